The van der Waals surface area contributed by atoms with Crippen molar-refractivity contribution in [2.45, 2.75) is 20.8 Å². The zero-order valence-electron chi connectivity index (χ0n) is 18.2. The van der Waals surface area contributed by atoms with Gasteiger partial charge in [-0.2, -0.15) is 0 Å². The number of fused-ring (bicyclic) bond motifs is 4. The first-order valence-corrected chi connectivity index (χ1v) is 10.4. The van der Waals surface area contributed by atoms with Crippen LogP contribution in [0.4, 0.5) is 0 Å². The highest BCUT2D eigenvalue weighted by atomic mass is 16.5. The van der Waals surface area contributed by atoms with Crippen LogP contribution < -0.4 is 4.74 Å². The monoisotopic (exact) mass is 423 g/mol. The van der Waals surface area contributed by atoms with E-state index in [0.717, 1.165) is 72.4 Å². The molecule has 6 aromatic rings. The molecule has 4 heterocycles. The summed E-state index contributed by atoms with van der Waals surface area (Å²) >= 11 is 0. The molecule has 7 nitrogen and oxygen atoms in total. The van der Waals surface area contributed by atoms with Gasteiger partial charge in [0.25, 0.3) is 0 Å². The molecule has 0 atom stereocenters. The van der Waals surface area contributed by atoms with Crippen LogP contribution in [0.25, 0.3) is 55.2 Å². The van der Waals surface area contributed by atoms with Gasteiger partial charge in [-0.05, 0) is 44.5 Å². The normalized spacial score (nSPS) is 11.8. The molecule has 0 fully saturated rings. The number of ether oxygens (including phenoxy) is 1. The molecule has 0 aliphatic carbocycles. The Balaban J connectivity index is 1.66. The Morgan fingerprint density at radius 3 is 2.59 bits per heavy atom. The molecule has 158 valence electrons. The van der Waals surface area contributed by atoms with E-state index in [1.165, 1.54) is 5.56 Å². The number of aryl methyl sites for hydroxylation is 3. The lowest BCUT2D eigenvalue weighted by Gasteiger charge is -2.09. The third-order valence-electron chi connectivity index (χ3n) is 6.10. The molecule has 0 amide bonds. The van der Waals surface area contributed by atoms with Crippen LogP contribution in [0.3, 0.4) is 0 Å². The summed E-state index contributed by atoms with van der Waals surface area (Å²) in [5, 5.41) is 7.21. The third-order valence-corrected chi connectivity index (χ3v) is 6.10. The van der Waals surface area contributed by atoms with Crippen molar-refractivity contribution in [3.8, 4) is 28.1 Å². The maximum Gasteiger partial charge on any atom is 0.142 e. The number of H-pyrrole nitrogens is 2. The summed E-state index contributed by atoms with van der Waals surface area (Å²) in [6.07, 6.45) is 3.62. The highest BCUT2D eigenvalue weighted by Gasteiger charge is 2.21. The van der Waals surface area contributed by atoms with Crippen molar-refractivity contribution in [2.24, 2.45) is 0 Å². The Labute approximate surface area is 183 Å². The summed E-state index contributed by atoms with van der Waals surface area (Å²) in [7, 11) is 1.68. The van der Waals surface area contributed by atoms with E-state index in [9.17, 15) is 0 Å². The number of hydrogen-bond donors (Lipinski definition) is 2. The van der Waals surface area contributed by atoms with Gasteiger partial charge in [-0.1, -0.05) is 17.3 Å². The van der Waals surface area contributed by atoms with Crippen molar-refractivity contribution in [1.29, 1.82) is 0 Å². The molecule has 0 aliphatic heterocycles. The van der Waals surface area contributed by atoms with E-state index in [-0.39, 0.29) is 0 Å². The average molecular weight is 423 g/mol. The lowest BCUT2D eigenvalue weighted by Crippen LogP contribution is -1.90. The standard InChI is InChI=1S/C25H21N5O2/c1-12-5-6-15-18(10-26-19(15)7-12)24-23-16-9-21(31-4)17(22-13(2)30-32-14(22)3)8-20(16)29-25(23)28-11-27-24/h5-11,26H,1-4H3,(H,27,28,29). The minimum Gasteiger partial charge on any atom is -0.496 e. The van der Waals surface area contributed by atoms with E-state index >= 15 is 0 Å². The number of nitrogens with zero attached hydrogens (tertiary/aromatic N) is 3. The summed E-state index contributed by atoms with van der Waals surface area (Å²) in [5.41, 5.74) is 8.65. The van der Waals surface area contributed by atoms with Gasteiger partial charge in [0.1, 0.15) is 23.5 Å². The molecule has 0 radical (unpaired) electrons. The summed E-state index contributed by atoms with van der Waals surface area (Å²) in [4.78, 5) is 16.0. The Hall–Kier alpha value is -4.13. The van der Waals surface area contributed by atoms with Crippen LogP contribution in [-0.2, 0) is 0 Å². The quantitative estimate of drug-likeness (QED) is 0.373. The van der Waals surface area contributed by atoms with Gasteiger partial charge in [0.15, 0.2) is 0 Å². The minimum absolute atomic E-state index is 0.747. The van der Waals surface area contributed by atoms with Crippen molar-refractivity contribution in [3.63, 3.8) is 0 Å². The second-order valence-electron chi connectivity index (χ2n) is 8.12. The molecule has 4 aromatic heterocycles. The molecule has 0 aliphatic rings. The topological polar surface area (TPSA) is 92.6 Å². The van der Waals surface area contributed by atoms with Crippen molar-refractivity contribution in [3.05, 3.63) is 59.9 Å². The van der Waals surface area contributed by atoms with Crippen molar-refractivity contribution >= 4 is 32.8 Å². The van der Waals surface area contributed by atoms with Gasteiger partial charge in [0, 0.05) is 39.1 Å². The van der Waals surface area contributed by atoms with E-state index < -0.39 is 0 Å². The second kappa shape index (κ2) is 6.68. The van der Waals surface area contributed by atoms with Crippen molar-refractivity contribution < 1.29 is 9.26 Å². The first-order chi connectivity index (χ1) is 15.5. The van der Waals surface area contributed by atoms with Gasteiger partial charge < -0.3 is 19.2 Å². The van der Waals surface area contributed by atoms with Crippen LogP contribution in [-0.4, -0.2) is 32.2 Å². The number of hydrogen-bond acceptors (Lipinski definition) is 5. The first-order valence-electron chi connectivity index (χ1n) is 10.4. The largest absolute Gasteiger partial charge is 0.496 e. The summed E-state index contributed by atoms with van der Waals surface area (Å²) < 4.78 is 11.2. The maximum atomic E-state index is 5.79. The Kier molecular flexibility index (Phi) is 3.89. The molecule has 6 rings (SSSR count). The zero-order valence-corrected chi connectivity index (χ0v) is 18.2. The van der Waals surface area contributed by atoms with E-state index in [4.69, 9.17) is 9.26 Å². The Bertz CT molecular complexity index is 1630. The summed E-state index contributed by atoms with van der Waals surface area (Å²) in [6, 6.07) is 10.5. The highest BCUT2D eigenvalue weighted by Crippen LogP contribution is 2.41. The highest BCUT2D eigenvalue weighted by molar-refractivity contribution is 6.15. The van der Waals surface area contributed by atoms with Gasteiger partial charge in [0.05, 0.1) is 29.4 Å². The lowest BCUT2D eigenvalue weighted by atomic mass is 9.99. The number of rotatable bonds is 3. The number of aromatic amines is 2. The van der Waals surface area contributed by atoms with Crippen LogP contribution in [0.15, 0.2) is 47.4 Å². The average Bonchev–Trinajstić information content (AvgIpc) is 3.46. The molecule has 0 unspecified atom stereocenters. The van der Waals surface area contributed by atoms with E-state index in [1.807, 2.05) is 26.1 Å². The summed E-state index contributed by atoms with van der Waals surface area (Å²) in [6.45, 7) is 5.93. The number of nitrogens with one attached hydrogen (secondary N) is 2. The fraction of sp³-hybridized carbons (Fsp3) is 0.160. The van der Waals surface area contributed by atoms with Crippen LogP contribution in [0.1, 0.15) is 17.0 Å². The molecule has 7 heteroatoms. The van der Waals surface area contributed by atoms with Crippen molar-refractivity contribution in [2.75, 3.05) is 7.11 Å². The predicted molar refractivity (Wildman–Crippen MR) is 125 cm³/mol. The number of methoxy groups -OCH3 is 1. The molecule has 2 N–H and O–H groups in total. The molecule has 0 saturated carbocycles. The Morgan fingerprint density at radius 2 is 1.81 bits per heavy atom. The van der Waals surface area contributed by atoms with Gasteiger partial charge in [0.2, 0.25) is 0 Å². The van der Waals surface area contributed by atoms with Gasteiger partial charge in [-0.25, -0.2) is 9.97 Å². The van der Waals surface area contributed by atoms with Crippen LogP contribution >= 0.6 is 0 Å². The smallest absolute Gasteiger partial charge is 0.142 e. The molecular formula is C25H21N5O2. The van der Waals surface area contributed by atoms with Gasteiger partial charge in [-0.3, -0.25) is 0 Å². The fourth-order valence-electron chi connectivity index (χ4n) is 4.63. The zero-order chi connectivity index (χ0) is 22.0. The predicted octanol–water partition coefficient (Wildman–Crippen LogP) is 5.85. The molecule has 0 bridgehead atoms. The van der Waals surface area contributed by atoms with E-state index in [0.29, 0.717) is 0 Å². The van der Waals surface area contributed by atoms with Gasteiger partial charge in [-0.15, -0.1) is 0 Å². The molecule has 32 heavy (non-hydrogen) atoms. The Morgan fingerprint density at radius 1 is 0.938 bits per heavy atom. The fourth-order valence-corrected chi connectivity index (χ4v) is 4.63. The molecule has 0 saturated heterocycles. The van der Waals surface area contributed by atoms with Gasteiger partial charge >= 0.3 is 0 Å². The molecule has 0 spiro atoms. The SMILES string of the molecule is COc1cc2c(cc1-c1c(C)noc1C)[nH]c1ncnc(-c3c[nH]c4cc(C)ccc34)c12. The van der Waals surface area contributed by atoms with E-state index in [2.05, 4.69) is 56.3 Å². The van der Waals surface area contributed by atoms with Crippen LogP contribution in [0, 0.1) is 20.8 Å². The maximum absolute atomic E-state index is 5.79. The van der Waals surface area contributed by atoms with E-state index in [1.54, 1.807) is 13.4 Å². The second-order valence-corrected chi connectivity index (χ2v) is 8.12. The summed E-state index contributed by atoms with van der Waals surface area (Å²) in [5.74, 6) is 1.50. The minimum atomic E-state index is 0.747. The molecule has 2 aromatic carbocycles. The lowest BCUT2D eigenvalue weighted by molar-refractivity contribution is 0.393. The third kappa shape index (κ3) is 2.57. The van der Waals surface area contributed by atoms with Crippen LogP contribution in [0.2, 0.25) is 0 Å². The number of benzene rings is 2. The number of aromatic nitrogens is 5. The first kappa shape index (κ1) is 18.6. The van der Waals surface area contributed by atoms with Crippen molar-refractivity contribution in [1.82, 2.24) is 25.1 Å². The molecular weight excluding hydrogens is 402 g/mol. The van der Waals surface area contributed by atoms with Crippen LogP contribution in [0.5, 0.6) is 5.75 Å².